The first-order valence-electron chi connectivity index (χ1n) is 17.5. The molecular formula is C40H41N3O6. The molecule has 252 valence electrons. The van der Waals surface area contributed by atoms with Crippen LogP contribution in [0.25, 0.3) is 0 Å². The van der Waals surface area contributed by atoms with Crippen molar-refractivity contribution in [3.8, 4) is 11.5 Å². The number of hydrogen-bond donors (Lipinski definition) is 2. The van der Waals surface area contributed by atoms with Gasteiger partial charge in [0.1, 0.15) is 11.5 Å². The molecule has 4 amide bonds. The number of nitrogens with one attached hydrogen (secondary N) is 1. The Labute approximate surface area is 285 Å². The summed E-state index contributed by atoms with van der Waals surface area (Å²) in [5.74, 6) is -3.75. The Morgan fingerprint density at radius 3 is 2.31 bits per heavy atom. The van der Waals surface area contributed by atoms with Crippen molar-refractivity contribution in [2.45, 2.75) is 69.2 Å². The van der Waals surface area contributed by atoms with Crippen LogP contribution in [-0.4, -0.2) is 51.8 Å². The van der Waals surface area contributed by atoms with Crippen molar-refractivity contribution < 1.29 is 29.0 Å². The molecule has 9 nitrogen and oxygen atoms in total. The lowest BCUT2D eigenvalue weighted by Gasteiger charge is -2.50. The number of ether oxygens (including phenoxy) is 1. The van der Waals surface area contributed by atoms with Crippen molar-refractivity contribution in [1.29, 1.82) is 0 Å². The molecule has 3 aromatic carbocycles. The van der Waals surface area contributed by atoms with Crippen LogP contribution in [0.1, 0.15) is 67.6 Å². The van der Waals surface area contributed by atoms with Gasteiger partial charge >= 0.3 is 0 Å². The van der Waals surface area contributed by atoms with Gasteiger partial charge in [-0.1, -0.05) is 85.0 Å². The van der Waals surface area contributed by atoms with E-state index >= 15 is 4.79 Å². The highest BCUT2D eigenvalue weighted by Crippen LogP contribution is 2.65. The predicted octanol–water partition coefficient (Wildman–Crippen LogP) is 6.03. The average molecular weight is 660 g/mol. The number of rotatable bonds is 6. The van der Waals surface area contributed by atoms with Gasteiger partial charge in [0.05, 0.1) is 36.0 Å². The summed E-state index contributed by atoms with van der Waals surface area (Å²) in [5.41, 5.74) is 5.58. The normalized spacial score (nSPS) is 29.8. The second kappa shape index (κ2) is 11.9. The van der Waals surface area contributed by atoms with Crippen LogP contribution in [0.15, 0.2) is 84.4 Å². The standard InChI is InChI=1S/C40H41N3O6/c1-23-13-15-25(16-14-23)41-43-37(46)32-22-31-28(19-20-30-34(31)38(47)42(36(30)45)26-11-7-4-8-12-26)35(29-18-17-27(44)21-33(29)49-2)40(32,39(43)48)24-9-5-3-6-10-24/h3,5-6,9-10,13-19,21,26,30-32,34-35,41,44H,4,7-8,11-12,20,22H2,1-2H3/t30-,31+,32-,34-,35+,40+/m0/s1. The molecule has 9 heteroatoms. The van der Waals surface area contributed by atoms with E-state index in [1.807, 2.05) is 61.5 Å². The summed E-state index contributed by atoms with van der Waals surface area (Å²) in [5, 5.41) is 11.7. The molecule has 8 rings (SSSR count). The number of benzene rings is 3. The van der Waals surface area contributed by atoms with E-state index in [1.54, 1.807) is 17.0 Å². The summed E-state index contributed by atoms with van der Waals surface area (Å²) in [6, 6.07) is 21.7. The number of allylic oxidation sites excluding steroid dienone is 2. The molecule has 49 heavy (non-hydrogen) atoms. The molecule has 2 N–H and O–H groups in total. The first-order valence-corrected chi connectivity index (χ1v) is 17.5. The van der Waals surface area contributed by atoms with Crippen LogP contribution in [0.4, 0.5) is 5.69 Å². The minimum atomic E-state index is -1.40. The molecule has 6 atom stereocenters. The van der Waals surface area contributed by atoms with E-state index in [4.69, 9.17) is 4.74 Å². The minimum Gasteiger partial charge on any atom is -0.508 e. The van der Waals surface area contributed by atoms with Gasteiger partial charge in [0.25, 0.3) is 11.8 Å². The van der Waals surface area contributed by atoms with Crippen LogP contribution in [0.5, 0.6) is 11.5 Å². The topological polar surface area (TPSA) is 116 Å². The maximum Gasteiger partial charge on any atom is 0.260 e. The smallest absolute Gasteiger partial charge is 0.260 e. The summed E-state index contributed by atoms with van der Waals surface area (Å²) in [6.45, 7) is 1.97. The van der Waals surface area contributed by atoms with E-state index in [0.717, 1.165) is 48.2 Å². The first-order chi connectivity index (χ1) is 23.7. The number of phenols is 1. The number of anilines is 1. The lowest BCUT2D eigenvalue weighted by Crippen LogP contribution is -2.53. The zero-order chi connectivity index (χ0) is 34.0. The van der Waals surface area contributed by atoms with Gasteiger partial charge < -0.3 is 9.84 Å². The van der Waals surface area contributed by atoms with Gasteiger partial charge in [-0.25, -0.2) is 0 Å². The van der Waals surface area contributed by atoms with Crippen molar-refractivity contribution in [1.82, 2.24) is 9.91 Å². The average Bonchev–Trinajstić information content (AvgIpc) is 3.50. The Bertz CT molecular complexity index is 1870. The van der Waals surface area contributed by atoms with Crippen molar-refractivity contribution in [2.75, 3.05) is 12.5 Å². The number of likely N-dealkylation sites (tertiary alicyclic amines) is 1. The zero-order valence-corrected chi connectivity index (χ0v) is 27.8. The van der Waals surface area contributed by atoms with Crippen LogP contribution in [0, 0.1) is 30.6 Å². The van der Waals surface area contributed by atoms with Crippen molar-refractivity contribution in [3.63, 3.8) is 0 Å². The molecule has 0 bridgehead atoms. The van der Waals surface area contributed by atoms with Crippen LogP contribution >= 0.6 is 0 Å². The van der Waals surface area contributed by atoms with Crippen LogP contribution in [0.3, 0.4) is 0 Å². The van der Waals surface area contributed by atoms with E-state index < -0.39 is 40.9 Å². The quantitative estimate of drug-likeness (QED) is 0.245. The van der Waals surface area contributed by atoms with Crippen molar-refractivity contribution in [3.05, 3.63) is 101 Å². The molecule has 0 spiro atoms. The number of methoxy groups -OCH3 is 1. The van der Waals surface area contributed by atoms with Gasteiger partial charge in [0.15, 0.2) is 0 Å². The fourth-order valence-electron chi connectivity index (χ4n) is 9.75. The molecule has 3 aromatic rings. The number of phenolic OH excluding ortho intramolecular Hbond substituents is 1. The highest BCUT2D eigenvalue weighted by atomic mass is 16.5. The van der Waals surface area contributed by atoms with Gasteiger partial charge in [-0.3, -0.25) is 29.5 Å². The fraction of sp³-hybridized carbons (Fsp3) is 0.400. The third-order valence-corrected chi connectivity index (χ3v) is 11.9. The summed E-state index contributed by atoms with van der Waals surface area (Å²) in [6.07, 6.45) is 7.42. The summed E-state index contributed by atoms with van der Waals surface area (Å²) >= 11 is 0. The van der Waals surface area contributed by atoms with Crippen molar-refractivity contribution >= 4 is 29.3 Å². The number of aryl methyl sites for hydroxylation is 1. The highest BCUT2D eigenvalue weighted by molar-refractivity contribution is 6.13. The second-order valence-corrected chi connectivity index (χ2v) is 14.4. The van der Waals surface area contributed by atoms with Gasteiger partial charge in [0, 0.05) is 23.6 Å². The Balaban J connectivity index is 1.32. The van der Waals surface area contributed by atoms with Crippen LogP contribution in [0.2, 0.25) is 0 Å². The number of carbonyl (C=O) groups is 4. The van der Waals surface area contributed by atoms with Gasteiger partial charge in [-0.2, -0.15) is 5.01 Å². The van der Waals surface area contributed by atoms with E-state index in [0.29, 0.717) is 29.0 Å². The van der Waals surface area contributed by atoms with Crippen LogP contribution < -0.4 is 10.2 Å². The van der Waals surface area contributed by atoms with E-state index in [9.17, 15) is 19.5 Å². The SMILES string of the molecule is COc1cc(O)ccc1[C@H]1C2=CC[C@@H]3C(=O)N(C4CCCCC4)C(=O)[C@@H]3[C@@H]2C[C@H]2C(=O)N(Nc3ccc(C)cc3)C(=O)[C@@]12c1ccccc1. The molecule has 4 fully saturated rings. The second-order valence-electron chi connectivity index (χ2n) is 14.4. The number of hydrazine groups is 1. The Morgan fingerprint density at radius 1 is 0.857 bits per heavy atom. The molecule has 5 aliphatic rings. The maximum absolute atomic E-state index is 15.3. The maximum atomic E-state index is 15.3. The highest BCUT2D eigenvalue weighted by Gasteiger charge is 2.70. The molecular weight excluding hydrogens is 618 g/mol. The van der Waals surface area contributed by atoms with E-state index in [2.05, 4.69) is 11.5 Å². The molecule has 0 radical (unpaired) electrons. The van der Waals surface area contributed by atoms with Crippen molar-refractivity contribution in [2.24, 2.45) is 23.7 Å². The lowest BCUT2D eigenvalue weighted by molar-refractivity contribution is -0.144. The molecule has 2 heterocycles. The molecule has 2 saturated carbocycles. The number of nitrogens with zero attached hydrogens (tertiary/aromatic N) is 2. The summed E-state index contributed by atoms with van der Waals surface area (Å²) in [4.78, 5) is 60.1. The third-order valence-electron chi connectivity index (χ3n) is 11.9. The van der Waals surface area contributed by atoms with E-state index in [-0.39, 0.29) is 35.9 Å². The largest absolute Gasteiger partial charge is 0.508 e. The Hall–Kier alpha value is -4.92. The van der Waals surface area contributed by atoms with Gasteiger partial charge in [-0.15, -0.1) is 0 Å². The molecule has 0 aromatic heterocycles. The summed E-state index contributed by atoms with van der Waals surface area (Å²) < 4.78 is 5.86. The number of hydrogen-bond acceptors (Lipinski definition) is 7. The zero-order valence-electron chi connectivity index (χ0n) is 27.8. The Morgan fingerprint density at radius 2 is 1.59 bits per heavy atom. The lowest BCUT2D eigenvalue weighted by atomic mass is 9.49. The van der Waals surface area contributed by atoms with Crippen LogP contribution in [-0.2, 0) is 24.6 Å². The Kier molecular flexibility index (Phi) is 7.61. The van der Waals surface area contributed by atoms with Gasteiger partial charge in [0.2, 0.25) is 11.8 Å². The summed E-state index contributed by atoms with van der Waals surface area (Å²) in [7, 11) is 1.52. The number of amides is 4. The van der Waals surface area contributed by atoms with E-state index in [1.165, 1.54) is 13.2 Å². The number of fused-ring (bicyclic) bond motifs is 4. The monoisotopic (exact) mass is 659 g/mol. The number of aromatic hydroxyl groups is 1. The molecule has 0 unspecified atom stereocenters. The fourth-order valence-corrected chi connectivity index (χ4v) is 9.75. The number of imide groups is 2. The molecule has 2 saturated heterocycles. The third kappa shape index (κ3) is 4.65. The van der Waals surface area contributed by atoms with Gasteiger partial charge in [-0.05, 0) is 62.3 Å². The minimum absolute atomic E-state index is 0.00661. The number of carbonyl (C=O) groups excluding carboxylic acids is 4. The first kappa shape index (κ1) is 31.4. The molecule has 3 aliphatic carbocycles. The molecule has 2 aliphatic heterocycles. The predicted molar refractivity (Wildman–Crippen MR) is 182 cm³/mol.